The van der Waals surface area contributed by atoms with Gasteiger partial charge in [-0.1, -0.05) is 18.2 Å². The minimum absolute atomic E-state index is 0.220. The van der Waals surface area contributed by atoms with Crippen molar-refractivity contribution in [2.24, 2.45) is 0 Å². The summed E-state index contributed by atoms with van der Waals surface area (Å²) in [6.07, 6.45) is 3.99. The van der Waals surface area contributed by atoms with Crippen molar-refractivity contribution in [3.05, 3.63) is 60.4 Å². The Morgan fingerprint density at radius 1 is 1.30 bits per heavy atom. The largest absolute Gasteiger partial charge is 0.497 e. The number of nitrogens with zero attached hydrogens (tertiary/aromatic N) is 2. The molecule has 120 valence electrons. The second-order valence-electron chi connectivity index (χ2n) is 4.79. The first-order chi connectivity index (χ1) is 11.2. The van der Waals surface area contributed by atoms with E-state index in [1.54, 1.807) is 25.4 Å². The SMILES string of the molecule is C=CCNc1nccc(C(=O)NCCc2ccc(OC)cc2)n1. The Balaban J connectivity index is 1.85. The number of amides is 1. The third-order valence-corrected chi connectivity index (χ3v) is 3.15. The summed E-state index contributed by atoms with van der Waals surface area (Å²) in [6.45, 7) is 4.68. The van der Waals surface area contributed by atoms with Crippen LogP contribution in [0, 0.1) is 0 Å². The van der Waals surface area contributed by atoms with Crippen LogP contribution in [0.1, 0.15) is 16.1 Å². The van der Waals surface area contributed by atoms with Crippen LogP contribution in [-0.4, -0.2) is 36.1 Å². The lowest BCUT2D eigenvalue weighted by Crippen LogP contribution is -2.26. The summed E-state index contributed by atoms with van der Waals surface area (Å²) >= 11 is 0. The molecule has 0 saturated carbocycles. The summed E-state index contributed by atoms with van der Waals surface area (Å²) in [5.74, 6) is 1.01. The maximum Gasteiger partial charge on any atom is 0.270 e. The lowest BCUT2D eigenvalue weighted by molar-refractivity contribution is 0.0949. The number of hydrogen-bond acceptors (Lipinski definition) is 5. The molecule has 1 heterocycles. The summed E-state index contributed by atoms with van der Waals surface area (Å²) in [5.41, 5.74) is 1.46. The molecule has 0 saturated heterocycles. The van der Waals surface area contributed by atoms with Crippen molar-refractivity contribution in [3.63, 3.8) is 0 Å². The van der Waals surface area contributed by atoms with Crippen molar-refractivity contribution in [2.75, 3.05) is 25.5 Å². The lowest BCUT2D eigenvalue weighted by atomic mass is 10.1. The van der Waals surface area contributed by atoms with Crippen molar-refractivity contribution in [3.8, 4) is 5.75 Å². The lowest BCUT2D eigenvalue weighted by Gasteiger charge is -2.07. The van der Waals surface area contributed by atoms with Crippen molar-refractivity contribution in [2.45, 2.75) is 6.42 Å². The maximum absolute atomic E-state index is 12.1. The van der Waals surface area contributed by atoms with Crippen LogP contribution >= 0.6 is 0 Å². The molecule has 23 heavy (non-hydrogen) atoms. The van der Waals surface area contributed by atoms with E-state index in [4.69, 9.17) is 4.74 Å². The van der Waals surface area contributed by atoms with E-state index in [1.807, 2.05) is 24.3 Å². The predicted molar refractivity (Wildman–Crippen MR) is 89.7 cm³/mol. The fourth-order valence-electron chi connectivity index (χ4n) is 1.94. The van der Waals surface area contributed by atoms with Gasteiger partial charge in [-0.15, -0.1) is 6.58 Å². The Morgan fingerprint density at radius 3 is 2.78 bits per heavy atom. The van der Waals surface area contributed by atoms with Crippen LogP contribution < -0.4 is 15.4 Å². The van der Waals surface area contributed by atoms with E-state index in [1.165, 1.54) is 0 Å². The Labute approximate surface area is 135 Å². The first-order valence-electron chi connectivity index (χ1n) is 7.32. The Bertz CT molecular complexity index is 656. The average molecular weight is 312 g/mol. The molecule has 6 heteroatoms. The minimum Gasteiger partial charge on any atom is -0.497 e. The van der Waals surface area contributed by atoms with E-state index < -0.39 is 0 Å². The standard InChI is InChI=1S/C17H20N4O2/c1-3-10-19-17-20-12-9-15(21-17)16(22)18-11-8-13-4-6-14(23-2)7-5-13/h3-7,9,12H,1,8,10-11H2,2H3,(H,18,22)(H,19,20,21). The summed E-state index contributed by atoms with van der Waals surface area (Å²) in [5, 5.41) is 5.80. The number of rotatable bonds is 8. The van der Waals surface area contributed by atoms with E-state index in [0.717, 1.165) is 17.7 Å². The number of benzene rings is 1. The highest BCUT2D eigenvalue weighted by Gasteiger charge is 2.08. The molecule has 1 amide bonds. The smallest absolute Gasteiger partial charge is 0.270 e. The molecule has 0 aliphatic rings. The number of carbonyl (C=O) groups is 1. The monoisotopic (exact) mass is 312 g/mol. The minimum atomic E-state index is -0.220. The summed E-state index contributed by atoms with van der Waals surface area (Å²) in [4.78, 5) is 20.3. The molecule has 0 aliphatic carbocycles. The van der Waals surface area contributed by atoms with Gasteiger partial charge in [0.25, 0.3) is 5.91 Å². The van der Waals surface area contributed by atoms with E-state index in [0.29, 0.717) is 24.7 Å². The van der Waals surface area contributed by atoms with Gasteiger partial charge in [0.05, 0.1) is 7.11 Å². The molecule has 2 N–H and O–H groups in total. The van der Waals surface area contributed by atoms with Crippen LogP contribution in [0.5, 0.6) is 5.75 Å². The number of anilines is 1. The summed E-state index contributed by atoms with van der Waals surface area (Å²) in [6, 6.07) is 9.35. The number of aromatic nitrogens is 2. The molecule has 0 spiro atoms. The molecule has 0 unspecified atom stereocenters. The number of methoxy groups -OCH3 is 1. The van der Waals surface area contributed by atoms with Gasteiger partial charge in [0.1, 0.15) is 11.4 Å². The fraction of sp³-hybridized carbons (Fsp3) is 0.235. The number of carbonyl (C=O) groups excluding carboxylic acids is 1. The topological polar surface area (TPSA) is 76.1 Å². The predicted octanol–water partition coefficient (Wildman–Crippen LogP) is 2.06. The van der Waals surface area contributed by atoms with Gasteiger partial charge in [0.15, 0.2) is 0 Å². The van der Waals surface area contributed by atoms with E-state index in [2.05, 4.69) is 27.2 Å². The van der Waals surface area contributed by atoms with Gasteiger partial charge in [-0.25, -0.2) is 9.97 Å². The van der Waals surface area contributed by atoms with Crippen LogP contribution in [0.4, 0.5) is 5.95 Å². The van der Waals surface area contributed by atoms with Crippen molar-refractivity contribution in [1.82, 2.24) is 15.3 Å². The van der Waals surface area contributed by atoms with E-state index in [-0.39, 0.29) is 5.91 Å². The molecule has 2 aromatic rings. The van der Waals surface area contributed by atoms with E-state index in [9.17, 15) is 4.79 Å². The Morgan fingerprint density at radius 2 is 2.09 bits per heavy atom. The molecular formula is C17H20N4O2. The van der Waals surface area contributed by atoms with Crippen molar-refractivity contribution < 1.29 is 9.53 Å². The molecule has 1 aromatic heterocycles. The molecule has 2 rings (SSSR count). The molecule has 0 atom stereocenters. The van der Waals surface area contributed by atoms with Crippen LogP contribution in [0.2, 0.25) is 0 Å². The van der Waals surface area contributed by atoms with Crippen LogP contribution in [0.25, 0.3) is 0 Å². The molecule has 0 radical (unpaired) electrons. The van der Waals surface area contributed by atoms with Crippen LogP contribution in [0.15, 0.2) is 49.2 Å². The second kappa shape index (κ2) is 8.53. The average Bonchev–Trinajstić information content (AvgIpc) is 2.60. The number of ether oxygens (including phenoxy) is 1. The van der Waals surface area contributed by atoms with Crippen LogP contribution in [-0.2, 0) is 6.42 Å². The first-order valence-corrected chi connectivity index (χ1v) is 7.32. The number of hydrogen-bond donors (Lipinski definition) is 2. The van der Waals surface area contributed by atoms with Gasteiger partial charge in [0.2, 0.25) is 5.95 Å². The third kappa shape index (κ3) is 5.10. The molecule has 0 bridgehead atoms. The zero-order chi connectivity index (χ0) is 16.5. The molecular weight excluding hydrogens is 292 g/mol. The van der Waals surface area contributed by atoms with E-state index >= 15 is 0 Å². The normalized spacial score (nSPS) is 9.96. The van der Waals surface area contributed by atoms with Crippen LogP contribution in [0.3, 0.4) is 0 Å². The van der Waals surface area contributed by atoms with Gasteiger partial charge >= 0.3 is 0 Å². The van der Waals surface area contributed by atoms with Gasteiger partial charge in [-0.05, 0) is 30.2 Å². The third-order valence-electron chi connectivity index (χ3n) is 3.15. The summed E-state index contributed by atoms with van der Waals surface area (Å²) < 4.78 is 5.11. The first kappa shape index (κ1) is 16.5. The zero-order valence-corrected chi connectivity index (χ0v) is 13.1. The second-order valence-corrected chi connectivity index (χ2v) is 4.79. The highest BCUT2D eigenvalue weighted by atomic mass is 16.5. The fourth-order valence-corrected chi connectivity index (χ4v) is 1.94. The molecule has 0 fully saturated rings. The molecule has 0 aliphatic heterocycles. The highest BCUT2D eigenvalue weighted by molar-refractivity contribution is 5.92. The Kier molecular flexibility index (Phi) is 6.11. The van der Waals surface area contributed by atoms with Crippen molar-refractivity contribution in [1.29, 1.82) is 0 Å². The zero-order valence-electron chi connectivity index (χ0n) is 13.1. The van der Waals surface area contributed by atoms with Gasteiger partial charge < -0.3 is 15.4 Å². The number of nitrogens with one attached hydrogen (secondary N) is 2. The van der Waals surface area contributed by atoms with Gasteiger partial charge in [-0.3, -0.25) is 4.79 Å². The highest BCUT2D eigenvalue weighted by Crippen LogP contribution is 2.11. The van der Waals surface area contributed by atoms with Crippen molar-refractivity contribution >= 4 is 11.9 Å². The maximum atomic E-state index is 12.1. The quantitative estimate of drug-likeness (QED) is 0.730. The van der Waals surface area contributed by atoms with Gasteiger partial charge in [0, 0.05) is 19.3 Å². The summed E-state index contributed by atoms with van der Waals surface area (Å²) in [7, 11) is 1.63. The molecule has 6 nitrogen and oxygen atoms in total. The Hall–Kier alpha value is -2.89. The molecule has 1 aromatic carbocycles. The van der Waals surface area contributed by atoms with Gasteiger partial charge in [-0.2, -0.15) is 0 Å².